The molecule has 1 unspecified atom stereocenters. The summed E-state index contributed by atoms with van der Waals surface area (Å²) in [5.74, 6) is -1.08. The summed E-state index contributed by atoms with van der Waals surface area (Å²) in [5.41, 5.74) is 0.418. The Morgan fingerprint density at radius 2 is 1.84 bits per heavy atom. The van der Waals surface area contributed by atoms with Crippen molar-refractivity contribution in [2.24, 2.45) is 5.92 Å². The molecular weight excluding hydrogens is 349 g/mol. The maximum absolute atomic E-state index is 12.9. The number of carbonyl (C=O) groups is 2. The van der Waals surface area contributed by atoms with Gasteiger partial charge in [0.25, 0.3) is 0 Å². The van der Waals surface area contributed by atoms with E-state index in [1.165, 1.54) is 24.3 Å². The van der Waals surface area contributed by atoms with Crippen molar-refractivity contribution in [3.8, 4) is 0 Å². The monoisotopic (exact) mass is 371 g/mol. The van der Waals surface area contributed by atoms with E-state index in [0.29, 0.717) is 12.1 Å². The van der Waals surface area contributed by atoms with E-state index in [1.54, 1.807) is 13.8 Å². The minimum Gasteiger partial charge on any atom is -0.334 e. The van der Waals surface area contributed by atoms with Crippen LogP contribution < -0.4 is 16.0 Å². The quantitative estimate of drug-likeness (QED) is 0.725. The Morgan fingerprint density at radius 1 is 1.20 bits per heavy atom. The second kappa shape index (κ2) is 7.81. The number of nitrogens with one attached hydrogen (secondary N) is 3. The molecule has 7 nitrogen and oxygen atoms in total. The van der Waals surface area contributed by atoms with Crippen LogP contribution in [0.4, 0.5) is 14.9 Å². The van der Waals surface area contributed by atoms with E-state index in [2.05, 4.69) is 16.0 Å². The van der Waals surface area contributed by atoms with E-state index >= 15 is 0 Å². The minimum atomic E-state index is -3.10. The number of hydrogen-bond acceptors (Lipinski definition) is 4. The van der Waals surface area contributed by atoms with Gasteiger partial charge in [0.15, 0.2) is 9.84 Å². The molecule has 1 fully saturated rings. The zero-order chi connectivity index (χ0) is 18.6. The summed E-state index contributed by atoms with van der Waals surface area (Å²) >= 11 is 0. The van der Waals surface area contributed by atoms with Gasteiger partial charge in [-0.25, -0.2) is 17.6 Å². The van der Waals surface area contributed by atoms with Crippen molar-refractivity contribution in [3.63, 3.8) is 0 Å². The van der Waals surface area contributed by atoms with E-state index in [0.717, 1.165) is 0 Å². The van der Waals surface area contributed by atoms with Crippen LogP contribution in [0.2, 0.25) is 0 Å². The highest BCUT2D eigenvalue weighted by molar-refractivity contribution is 7.91. The first-order valence-corrected chi connectivity index (χ1v) is 9.82. The van der Waals surface area contributed by atoms with Crippen LogP contribution in [0.15, 0.2) is 24.3 Å². The second-order valence-electron chi connectivity index (χ2n) is 6.44. The van der Waals surface area contributed by atoms with Crippen molar-refractivity contribution >= 4 is 27.5 Å². The number of carbonyl (C=O) groups excluding carboxylic acids is 2. The summed E-state index contributed by atoms with van der Waals surface area (Å²) in [5, 5.41) is 7.78. The molecule has 3 amide bonds. The summed E-state index contributed by atoms with van der Waals surface area (Å²) in [4.78, 5) is 24.5. The normalized spacial score (nSPS) is 20.1. The number of anilines is 1. The largest absolute Gasteiger partial charge is 0.334 e. The van der Waals surface area contributed by atoms with Gasteiger partial charge < -0.3 is 16.0 Å². The topological polar surface area (TPSA) is 104 Å². The molecule has 0 radical (unpaired) electrons. The first-order chi connectivity index (χ1) is 11.7. The highest BCUT2D eigenvalue weighted by Crippen LogP contribution is 2.13. The third-order valence-electron chi connectivity index (χ3n) is 3.92. The lowest BCUT2D eigenvalue weighted by Gasteiger charge is -2.23. The Balaban J connectivity index is 1.94. The van der Waals surface area contributed by atoms with Gasteiger partial charge in [-0.15, -0.1) is 0 Å². The van der Waals surface area contributed by atoms with Crippen LogP contribution in [0.3, 0.4) is 0 Å². The molecule has 138 valence electrons. The standard InChI is InChI=1S/C16H22FN3O4S/c1-10(2)14(15(21)18-12-5-3-11(17)4-6-12)20-16(22)19-13-7-8-25(23,24)9-13/h3-6,10,13-14H,7-9H2,1-2H3,(H,18,21)(H2,19,20,22)/t13?,14-/m0/s1. The lowest BCUT2D eigenvalue weighted by atomic mass is 10.0. The molecule has 0 spiro atoms. The lowest BCUT2D eigenvalue weighted by molar-refractivity contribution is -0.118. The zero-order valence-corrected chi connectivity index (χ0v) is 14.9. The molecule has 3 N–H and O–H groups in total. The van der Waals surface area contributed by atoms with Gasteiger partial charge in [0.05, 0.1) is 11.5 Å². The van der Waals surface area contributed by atoms with Crippen molar-refractivity contribution in [1.29, 1.82) is 0 Å². The third-order valence-corrected chi connectivity index (χ3v) is 5.68. The van der Waals surface area contributed by atoms with Crippen molar-refractivity contribution < 1.29 is 22.4 Å². The fraction of sp³-hybridized carbons (Fsp3) is 0.500. The average molecular weight is 371 g/mol. The van der Waals surface area contributed by atoms with E-state index in [4.69, 9.17) is 0 Å². The van der Waals surface area contributed by atoms with Crippen molar-refractivity contribution in [2.45, 2.75) is 32.4 Å². The first kappa shape index (κ1) is 19.2. The number of urea groups is 1. The molecule has 0 aromatic heterocycles. The van der Waals surface area contributed by atoms with Gasteiger partial charge in [-0.1, -0.05) is 13.8 Å². The molecule has 1 saturated heterocycles. The van der Waals surface area contributed by atoms with Crippen LogP contribution in [-0.2, 0) is 14.6 Å². The van der Waals surface area contributed by atoms with Crippen molar-refractivity contribution in [1.82, 2.24) is 10.6 Å². The molecule has 1 aromatic carbocycles. The fourth-order valence-corrected chi connectivity index (χ4v) is 4.24. The molecule has 1 aliphatic rings. The molecule has 1 heterocycles. The van der Waals surface area contributed by atoms with Gasteiger partial charge in [-0.05, 0) is 36.6 Å². The second-order valence-corrected chi connectivity index (χ2v) is 8.66. The number of sulfone groups is 1. The Labute approximate surface area is 146 Å². The number of benzene rings is 1. The van der Waals surface area contributed by atoms with Gasteiger partial charge in [0.1, 0.15) is 11.9 Å². The van der Waals surface area contributed by atoms with Crippen LogP contribution in [0.25, 0.3) is 0 Å². The summed E-state index contributed by atoms with van der Waals surface area (Å²) < 4.78 is 35.8. The summed E-state index contributed by atoms with van der Waals surface area (Å²) in [7, 11) is -3.10. The van der Waals surface area contributed by atoms with Crippen LogP contribution in [0, 0.1) is 11.7 Å². The van der Waals surface area contributed by atoms with E-state index in [-0.39, 0.29) is 17.4 Å². The molecule has 2 atom stereocenters. The molecular formula is C16H22FN3O4S. The maximum Gasteiger partial charge on any atom is 0.315 e. The van der Waals surface area contributed by atoms with Crippen LogP contribution >= 0.6 is 0 Å². The van der Waals surface area contributed by atoms with Gasteiger partial charge in [0.2, 0.25) is 5.91 Å². The Bertz CT molecular complexity index is 734. The van der Waals surface area contributed by atoms with Crippen molar-refractivity contribution in [3.05, 3.63) is 30.1 Å². The number of amides is 3. The molecule has 9 heteroatoms. The molecule has 0 aliphatic carbocycles. The average Bonchev–Trinajstić information content (AvgIpc) is 2.85. The molecule has 1 aliphatic heterocycles. The zero-order valence-electron chi connectivity index (χ0n) is 14.1. The highest BCUT2D eigenvalue weighted by atomic mass is 32.2. The summed E-state index contributed by atoms with van der Waals surface area (Å²) in [6, 6.07) is 3.44. The minimum absolute atomic E-state index is 0.0522. The lowest BCUT2D eigenvalue weighted by Crippen LogP contribution is -2.52. The highest BCUT2D eigenvalue weighted by Gasteiger charge is 2.30. The first-order valence-electron chi connectivity index (χ1n) is 8.00. The van der Waals surface area contributed by atoms with Gasteiger partial charge >= 0.3 is 6.03 Å². The van der Waals surface area contributed by atoms with Gasteiger partial charge in [-0.3, -0.25) is 4.79 Å². The van der Waals surface area contributed by atoms with Gasteiger partial charge in [0, 0.05) is 11.7 Å². The van der Waals surface area contributed by atoms with E-state index < -0.39 is 39.7 Å². The number of hydrogen-bond donors (Lipinski definition) is 3. The molecule has 1 aromatic rings. The Morgan fingerprint density at radius 3 is 2.36 bits per heavy atom. The van der Waals surface area contributed by atoms with Crippen LogP contribution in [-0.4, -0.2) is 43.9 Å². The van der Waals surface area contributed by atoms with E-state index in [9.17, 15) is 22.4 Å². The Kier molecular flexibility index (Phi) is 5.99. The predicted octanol–water partition coefficient (Wildman–Crippen LogP) is 1.28. The molecule has 0 bridgehead atoms. The molecule has 25 heavy (non-hydrogen) atoms. The van der Waals surface area contributed by atoms with Crippen LogP contribution in [0.1, 0.15) is 20.3 Å². The fourth-order valence-electron chi connectivity index (χ4n) is 2.57. The molecule has 2 rings (SSSR count). The van der Waals surface area contributed by atoms with Crippen molar-refractivity contribution in [2.75, 3.05) is 16.8 Å². The van der Waals surface area contributed by atoms with Crippen LogP contribution in [0.5, 0.6) is 0 Å². The maximum atomic E-state index is 12.9. The van der Waals surface area contributed by atoms with E-state index in [1.807, 2.05) is 0 Å². The Hall–Kier alpha value is -2.16. The predicted molar refractivity (Wildman–Crippen MR) is 92.4 cm³/mol. The van der Waals surface area contributed by atoms with Gasteiger partial charge in [-0.2, -0.15) is 0 Å². The smallest absolute Gasteiger partial charge is 0.315 e. The molecule has 0 saturated carbocycles. The number of rotatable bonds is 5. The summed E-state index contributed by atoms with van der Waals surface area (Å²) in [6.07, 6.45) is 0.365. The summed E-state index contributed by atoms with van der Waals surface area (Å²) in [6.45, 7) is 3.55. The number of halogens is 1. The SMILES string of the molecule is CC(C)[C@H](NC(=O)NC1CCS(=O)(=O)C1)C(=O)Nc1ccc(F)cc1. The third kappa shape index (κ3) is 5.70.